The average Bonchev–Trinajstić information content (AvgIpc) is 2.26. The Morgan fingerprint density at radius 2 is 2.12 bits per heavy atom. The first-order valence-corrected chi connectivity index (χ1v) is 4.78. The van der Waals surface area contributed by atoms with E-state index in [0.717, 1.165) is 5.56 Å². The Morgan fingerprint density at radius 1 is 1.50 bits per heavy atom. The number of ether oxygens (including phenoxy) is 1. The van der Waals surface area contributed by atoms with Crippen molar-refractivity contribution in [3.63, 3.8) is 0 Å². The zero-order valence-corrected chi connectivity index (χ0v) is 9.18. The van der Waals surface area contributed by atoms with Crippen LogP contribution < -0.4 is 10.5 Å². The monoisotopic (exact) mass is 225 g/mol. The molecule has 0 saturated carbocycles. The third kappa shape index (κ3) is 2.50. The third-order valence-corrected chi connectivity index (χ3v) is 2.42. The molecule has 2 unspecified atom stereocenters. The van der Waals surface area contributed by atoms with Crippen LogP contribution in [0.4, 0.5) is 0 Å². The molecule has 88 valence electrons. The molecule has 0 bridgehead atoms. The van der Waals surface area contributed by atoms with Crippen molar-refractivity contribution in [3.8, 4) is 5.75 Å². The molecular formula is C11H15NO4. The van der Waals surface area contributed by atoms with Gasteiger partial charge >= 0.3 is 5.97 Å². The summed E-state index contributed by atoms with van der Waals surface area (Å²) in [5.74, 6) is -0.583. The standard InChI is InChI=1S/C11H15NO4/c1-6-5-7(16-2)3-4-8(6)10(13)9(12)11(14)15/h3-5,9-10,13H,12H2,1-2H3,(H,14,15). The summed E-state index contributed by atoms with van der Waals surface area (Å²) in [5, 5.41) is 18.5. The van der Waals surface area contributed by atoms with Crippen molar-refractivity contribution >= 4 is 5.97 Å². The zero-order chi connectivity index (χ0) is 12.3. The zero-order valence-electron chi connectivity index (χ0n) is 9.18. The number of carboxylic acids is 1. The highest BCUT2D eigenvalue weighted by molar-refractivity contribution is 5.74. The second kappa shape index (κ2) is 4.96. The molecule has 0 fully saturated rings. The van der Waals surface area contributed by atoms with Gasteiger partial charge in [-0.05, 0) is 30.2 Å². The predicted molar refractivity (Wildman–Crippen MR) is 58.3 cm³/mol. The predicted octanol–water partition coefficient (Wildman–Crippen LogP) is 0.449. The number of rotatable bonds is 4. The van der Waals surface area contributed by atoms with Gasteiger partial charge in [0.2, 0.25) is 0 Å². The molecule has 0 radical (unpaired) electrons. The maximum Gasteiger partial charge on any atom is 0.323 e. The summed E-state index contributed by atoms with van der Waals surface area (Å²) >= 11 is 0. The van der Waals surface area contributed by atoms with Gasteiger partial charge in [0, 0.05) is 0 Å². The highest BCUT2D eigenvalue weighted by atomic mass is 16.5. The van der Waals surface area contributed by atoms with Gasteiger partial charge in [-0.25, -0.2) is 0 Å². The largest absolute Gasteiger partial charge is 0.497 e. The summed E-state index contributed by atoms with van der Waals surface area (Å²) in [6.45, 7) is 1.76. The fourth-order valence-electron chi connectivity index (χ4n) is 1.44. The lowest BCUT2D eigenvalue weighted by Crippen LogP contribution is -2.36. The van der Waals surface area contributed by atoms with Crippen LogP contribution in [0.2, 0.25) is 0 Å². The Kier molecular flexibility index (Phi) is 3.87. The first-order valence-electron chi connectivity index (χ1n) is 4.78. The number of carboxylic acid groups (broad SMARTS) is 1. The Morgan fingerprint density at radius 3 is 2.56 bits per heavy atom. The lowest BCUT2D eigenvalue weighted by molar-refractivity contribution is -0.141. The smallest absolute Gasteiger partial charge is 0.323 e. The number of carbonyl (C=O) groups is 1. The first kappa shape index (κ1) is 12.5. The van der Waals surface area contributed by atoms with Crippen LogP contribution in [0.15, 0.2) is 18.2 Å². The van der Waals surface area contributed by atoms with E-state index in [2.05, 4.69) is 0 Å². The van der Waals surface area contributed by atoms with E-state index in [0.29, 0.717) is 11.3 Å². The van der Waals surface area contributed by atoms with Gasteiger partial charge in [-0.15, -0.1) is 0 Å². The van der Waals surface area contributed by atoms with Crippen molar-refractivity contribution in [2.24, 2.45) is 5.73 Å². The average molecular weight is 225 g/mol. The summed E-state index contributed by atoms with van der Waals surface area (Å²) in [7, 11) is 1.54. The molecule has 0 heterocycles. The summed E-state index contributed by atoms with van der Waals surface area (Å²) < 4.78 is 5.01. The lowest BCUT2D eigenvalue weighted by atomic mass is 9.98. The molecule has 0 saturated heterocycles. The number of hydrogen-bond donors (Lipinski definition) is 3. The molecule has 1 rings (SSSR count). The van der Waals surface area contributed by atoms with E-state index < -0.39 is 18.1 Å². The van der Waals surface area contributed by atoms with Crippen LogP contribution in [0.25, 0.3) is 0 Å². The summed E-state index contributed by atoms with van der Waals surface area (Å²) in [5.41, 5.74) is 6.59. The van der Waals surface area contributed by atoms with E-state index in [1.54, 1.807) is 25.1 Å². The number of benzene rings is 1. The molecule has 16 heavy (non-hydrogen) atoms. The van der Waals surface area contributed by atoms with Crippen LogP contribution in [-0.4, -0.2) is 29.3 Å². The van der Waals surface area contributed by atoms with Crippen molar-refractivity contribution in [1.82, 2.24) is 0 Å². The molecule has 2 atom stereocenters. The molecule has 0 aliphatic carbocycles. The Hall–Kier alpha value is -1.59. The van der Waals surface area contributed by atoms with Gasteiger partial charge in [-0.2, -0.15) is 0 Å². The van der Waals surface area contributed by atoms with Crippen molar-refractivity contribution in [2.45, 2.75) is 19.1 Å². The SMILES string of the molecule is COc1ccc(C(O)C(N)C(=O)O)c(C)c1. The van der Waals surface area contributed by atoms with Gasteiger partial charge in [-0.3, -0.25) is 4.79 Å². The molecule has 0 aliphatic heterocycles. The number of aliphatic hydroxyl groups excluding tert-OH is 1. The van der Waals surface area contributed by atoms with E-state index >= 15 is 0 Å². The second-order valence-electron chi connectivity index (χ2n) is 3.53. The van der Waals surface area contributed by atoms with Crippen LogP contribution in [0.3, 0.4) is 0 Å². The minimum absolute atomic E-state index is 0.496. The molecule has 5 heteroatoms. The normalized spacial score (nSPS) is 14.2. The number of nitrogens with two attached hydrogens (primary N) is 1. The van der Waals surface area contributed by atoms with Crippen LogP contribution in [0.5, 0.6) is 5.75 Å². The van der Waals surface area contributed by atoms with E-state index in [1.807, 2.05) is 0 Å². The number of aliphatic carboxylic acids is 1. The molecule has 0 aromatic heterocycles. The molecule has 0 aliphatic rings. The molecular weight excluding hydrogens is 210 g/mol. The maximum absolute atomic E-state index is 10.6. The van der Waals surface area contributed by atoms with E-state index in [9.17, 15) is 9.90 Å². The van der Waals surface area contributed by atoms with Crippen molar-refractivity contribution in [2.75, 3.05) is 7.11 Å². The van der Waals surface area contributed by atoms with E-state index in [-0.39, 0.29) is 0 Å². The topological polar surface area (TPSA) is 92.8 Å². The van der Waals surface area contributed by atoms with Gasteiger partial charge in [0.05, 0.1) is 7.11 Å². The van der Waals surface area contributed by atoms with E-state index in [4.69, 9.17) is 15.6 Å². The van der Waals surface area contributed by atoms with Crippen molar-refractivity contribution in [1.29, 1.82) is 0 Å². The maximum atomic E-state index is 10.6. The molecule has 0 amide bonds. The summed E-state index contributed by atoms with van der Waals surface area (Å²) in [6.07, 6.45) is -1.22. The first-order chi connectivity index (χ1) is 7.47. The van der Waals surface area contributed by atoms with Crippen LogP contribution in [0.1, 0.15) is 17.2 Å². The molecule has 1 aromatic carbocycles. The lowest BCUT2D eigenvalue weighted by Gasteiger charge is -2.17. The second-order valence-corrected chi connectivity index (χ2v) is 3.53. The minimum atomic E-state index is -1.33. The summed E-state index contributed by atoms with van der Waals surface area (Å²) in [4.78, 5) is 10.6. The Labute approximate surface area is 93.5 Å². The van der Waals surface area contributed by atoms with Crippen LogP contribution in [-0.2, 0) is 4.79 Å². The van der Waals surface area contributed by atoms with Crippen molar-refractivity contribution in [3.05, 3.63) is 29.3 Å². The molecule has 1 aromatic rings. The fourth-order valence-corrected chi connectivity index (χ4v) is 1.44. The van der Waals surface area contributed by atoms with Gasteiger partial charge in [0.25, 0.3) is 0 Å². The number of hydrogen-bond acceptors (Lipinski definition) is 4. The van der Waals surface area contributed by atoms with Gasteiger partial charge in [-0.1, -0.05) is 6.07 Å². The number of aliphatic hydroxyl groups is 1. The summed E-state index contributed by atoms with van der Waals surface area (Å²) in [6, 6.07) is 3.65. The molecule has 5 nitrogen and oxygen atoms in total. The van der Waals surface area contributed by atoms with Gasteiger partial charge in [0.15, 0.2) is 0 Å². The van der Waals surface area contributed by atoms with Crippen LogP contribution in [0, 0.1) is 6.92 Å². The number of methoxy groups -OCH3 is 1. The third-order valence-electron chi connectivity index (χ3n) is 2.42. The van der Waals surface area contributed by atoms with Gasteiger partial charge in [0.1, 0.15) is 17.9 Å². The van der Waals surface area contributed by atoms with Crippen molar-refractivity contribution < 1.29 is 19.7 Å². The minimum Gasteiger partial charge on any atom is -0.497 e. The Balaban J connectivity index is 3.00. The highest BCUT2D eigenvalue weighted by Crippen LogP contribution is 2.24. The fraction of sp³-hybridized carbons (Fsp3) is 0.364. The van der Waals surface area contributed by atoms with E-state index in [1.165, 1.54) is 7.11 Å². The highest BCUT2D eigenvalue weighted by Gasteiger charge is 2.24. The molecule has 4 N–H and O–H groups in total. The molecule has 0 spiro atoms. The quantitative estimate of drug-likeness (QED) is 0.691. The van der Waals surface area contributed by atoms with Crippen LogP contribution >= 0.6 is 0 Å². The Bertz CT molecular complexity index is 392. The number of aryl methyl sites for hydroxylation is 1. The van der Waals surface area contributed by atoms with Gasteiger partial charge < -0.3 is 20.7 Å².